The number of rotatable bonds is 7. The quantitative estimate of drug-likeness (QED) is 0.819. The van der Waals surface area contributed by atoms with Crippen LogP contribution < -0.4 is 10.2 Å². The van der Waals surface area contributed by atoms with Crippen LogP contribution in [0.5, 0.6) is 0 Å². The van der Waals surface area contributed by atoms with E-state index in [1.807, 2.05) is 18.0 Å². The molecule has 0 heterocycles. The van der Waals surface area contributed by atoms with Gasteiger partial charge in [0.15, 0.2) is 0 Å². The van der Waals surface area contributed by atoms with Crippen molar-refractivity contribution in [2.24, 2.45) is 0 Å². The number of para-hydroxylation sites is 1. The van der Waals surface area contributed by atoms with Crippen LogP contribution in [0.15, 0.2) is 18.2 Å². The fraction of sp³-hybridized carbons (Fsp3) is 0.571. The second kappa shape index (κ2) is 7.64. The van der Waals surface area contributed by atoms with Crippen molar-refractivity contribution in [1.82, 2.24) is 5.32 Å². The van der Waals surface area contributed by atoms with Crippen molar-refractivity contribution in [2.45, 2.75) is 26.4 Å². The van der Waals surface area contributed by atoms with E-state index in [1.165, 1.54) is 6.07 Å². The highest BCUT2D eigenvalue weighted by molar-refractivity contribution is 7.98. The van der Waals surface area contributed by atoms with Gasteiger partial charge in [0, 0.05) is 25.4 Å². The molecule has 0 aliphatic rings. The second-order valence-corrected chi connectivity index (χ2v) is 5.35. The average molecular weight is 270 g/mol. The first-order chi connectivity index (χ1) is 8.61. The Bertz CT molecular complexity index is 371. The third kappa shape index (κ3) is 3.89. The van der Waals surface area contributed by atoms with Gasteiger partial charge in [-0.25, -0.2) is 4.39 Å². The maximum absolute atomic E-state index is 14.1. The highest BCUT2D eigenvalue weighted by atomic mass is 32.2. The van der Waals surface area contributed by atoms with Gasteiger partial charge in [-0.15, -0.1) is 0 Å². The van der Waals surface area contributed by atoms with E-state index in [2.05, 4.69) is 25.4 Å². The van der Waals surface area contributed by atoms with Crippen molar-refractivity contribution in [3.63, 3.8) is 0 Å². The minimum atomic E-state index is -0.138. The number of nitrogens with one attached hydrogen (secondary N) is 1. The summed E-state index contributed by atoms with van der Waals surface area (Å²) in [7, 11) is 1.97. The van der Waals surface area contributed by atoms with Gasteiger partial charge in [-0.2, -0.15) is 11.8 Å². The number of anilines is 1. The molecule has 1 atom stereocenters. The van der Waals surface area contributed by atoms with Gasteiger partial charge in [-0.3, -0.25) is 0 Å². The van der Waals surface area contributed by atoms with Gasteiger partial charge in [0.05, 0.1) is 5.69 Å². The summed E-state index contributed by atoms with van der Waals surface area (Å²) in [4.78, 5) is 2.04. The standard InChI is InChI=1S/C14H23FN2S/c1-5-16-9-12-7-6-8-13(15)14(12)17(3)11(2)10-18-4/h6-8,11,16H,5,9-10H2,1-4H3. The lowest BCUT2D eigenvalue weighted by Crippen LogP contribution is -2.33. The molecule has 1 rings (SSSR count). The molecule has 1 aromatic carbocycles. The summed E-state index contributed by atoms with van der Waals surface area (Å²) < 4.78 is 14.1. The molecule has 1 unspecified atom stereocenters. The van der Waals surface area contributed by atoms with Gasteiger partial charge < -0.3 is 10.2 Å². The zero-order valence-corrected chi connectivity index (χ0v) is 12.5. The summed E-state index contributed by atoms with van der Waals surface area (Å²) in [6.07, 6.45) is 2.07. The van der Waals surface area contributed by atoms with Crippen LogP contribution in [0.1, 0.15) is 19.4 Å². The molecule has 0 aromatic heterocycles. The Balaban J connectivity index is 2.97. The van der Waals surface area contributed by atoms with Crippen LogP contribution in [0.25, 0.3) is 0 Å². The molecule has 0 saturated carbocycles. The Morgan fingerprint density at radius 2 is 2.17 bits per heavy atom. The van der Waals surface area contributed by atoms with Crippen LogP contribution in [0, 0.1) is 5.82 Å². The van der Waals surface area contributed by atoms with Crippen LogP contribution in [0.3, 0.4) is 0 Å². The Hall–Kier alpha value is -0.740. The summed E-state index contributed by atoms with van der Waals surface area (Å²) in [6.45, 7) is 5.78. The highest BCUT2D eigenvalue weighted by Gasteiger charge is 2.17. The predicted molar refractivity (Wildman–Crippen MR) is 80.0 cm³/mol. The molecule has 4 heteroatoms. The maximum Gasteiger partial charge on any atom is 0.146 e. The smallest absolute Gasteiger partial charge is 0.146 e. The largest absolute Gasteiger partial charge is 0.368 e. The van der Waals surface area contributed by atoms with Gasteiger partial charge in [0.2, 0.25) is 0 Å². The van der Waals surface area contributed by atoms with E-state index in [0.717, 1.165) is 23.5 Å². The van der Waals surface area contributed by atoms with Crippen molar-refractivity contribution < 1.29 is 4.39 Å². The number of hydrogen-bond donors (Lipinski definition) is 1. The van der Waals surface area contributed by atoms with E-state index in [1.54, 1.807) is 17.8 Å². The first-order valence-corrected chi connectivity index (χ1v) is 7.71. The summed E-state index contributed by atoms with van der Waals surface area (Å²) in [5.74, 6) is 0.853. The van der Waals surface area contributed by atoms with E-state index < -0.39 is 0 Å². The zero-order chi connectivity index (χ0) is 13.5. The molecule has 0 aliphatic heterocycles. The van der Waals surface area contributed by atoms with Crippen LogP contribution in [0.4, 0.5) is 10.1 Å². The maximum atomic E-state index is 14.1. The first-order valence-electron chi connectivity index (χ1n) is 6.31. The van der Waals surface area contributed by atoms with E-state index in [0.29, 0.717) is 12.6 Å². The Labute approximate surface area is 114 Å². The van der Waals surface area contributed by atoms with Gasteiger partial charge in [0.25, 0.3) is 0 Å². The molecule has 0 spiro atoms. The number of hydrogen-bond acceptors (Lipinski definition) is 3. The van der Waals surface area contributed by atoms with Crippen molar-refractivity contribution >= 4 is 17.4 Å². The van der Waals surface area contributed by atoms with E-state index >= 15 is 0 Å². The van der Waals surface area contributed by atoms with Crippen LogP contribution in [0.2, 0.25) is 0 Å². The van der Waals surface area contributed by atoms with Crippen LogP contribution >= 0.6 is 11.8 Å². The lowest BCUT2D eigenvalue weighted by Gasteiger charge is -2.29. The first kappa shape index (κ1) is 15.3. The summed E-state index contributed by atoms with van der Waals surface area (Å²) in [5.41, 5.74) is 1.74. The van der Waals surface area contributed by atoms with E-state index in [4.69, 9.17) is 0 Å². The van der Waals surface area contributed by atoms with E-state index in [-0.39, 0.29) is 5.82 Å². The molecule has 1 aromatic rings. The third-order valence-corrected chi connectivity index (χ3v) is 3.87. The summed E-state index contributed by atoms with van der Waals surface area (Å²) in [6, 6.07) is 5.62. The molecular formula is C14H23FN2S. The third-order valence-electron chi connectivity index (χ3n) is 3.06. The minimum absolute atomic E-state index is 0.138. The highest BCUT2D eigenvalue weighted by Crippen LogP contribution is 2.25. The lowest BCUT2D eigenvalue weighted by atomic mass is 10.1. The second-order valence-electron chi connectivity index (χ2n) is 4.44. The van der Waals surface area contributed by atoms with Crippen molar-refractivity contribution in [3.8, 4) is 0 Å². The van der Waals surface area contributed by atoms with Gasteiger partial charge in [0.1, 0.15) is 5.82 Å². The van der Waals surface area contributed by atoms with Crippen LogP contribution in [-0.4, -0.2) is 31.6 Å². The van der Waals surface area contributed by atoms with Crippen molar-refractivity contribution in [3.05, 3.63) is 29.6 Å². The number of nitrogens with zero attached hydrogens (tertiary/aromatic N) is 1. The Morgan fingerprint density at radius 3 is 2.78 bits per heavy atom. The predicted octanol–water partition coefficient (Wildman–Crippen LogP) is 3.12. The molecule has 0 aliphatic carbocycles. The molecule has 0 amide bonds. The Morgan fingerprint density at radius 1 is 1.44 bits per heavy atom. The fourth-order valence-corrected chi connectivity index (χ4v) is 2.64. The van der Waals surface area contributed by atoms with E-state index in [9.17, 15) is 4.39 Å². The van der Waals surface area contributed by atoms with Crippen molar-refractivity contribution in [2.75, 3.05) is 30.5 Å². The molecule has 0 radical (unpaired) electrons. The number of halogens is 1. The van der Waals surface area contributed by atoms with Gasteiger partial charge >= 0.3 is 0 Å². The van der Waals surface area contributed by atoms with Crippen LogP contribution in [-0.2, 0) is 6.54 Å². The minimum Gasteiger partial charge on any atom is -0.368 e. The monoisotopic (exact) mass is 270 g/mol. The summed E-state index contributed by atoms with van der Waals surface area (Å²) in [5, 5.41) is 3.26. The molecule has 2 nitrogen and oxygen atoms in total. The Kier molecular flexibility index (Phi) is 6.50. The molecule has 0 bridgehead atoms. The number of benzene rings is 1. The lowest BCUT2D eigenvalue weighted by molar-refractivity contribution is 0.607. The van der Waals surface area contributed by atoms with Gasteiger partial charge in [-0.05, 0) is 31.4 Å². The average Bonchev–Trinajstić information content (AvgIpc) is 2.36. The molecule has 0 fully saturated rings. The molecular weight excluding hydrogens is 247 g/mol. The van der Waals surface area contributed by atoms with Crippen molar-refractivity contribution in [1.29, 1.82) is 0 Å². The normalized spacial score (nSPS) is 12.5. The van der Waals surface area contributed by atoms with Gasteiger partial charge in [-0.1, -0.05) is 19.1 Å². The molecule has 102 valence electrons. The molecule has 0 saturated heterocycles. The molecule has 18 heavy (non-hydrogen) atoms. The zero-order valence-electron chi connectivity index (χ0n) is 11.7. The fourth-order valence-electron chi connectivity index (χ4n) is 1.93. The SMILES string of the molecule is CCNCc1cccc(F)c1N(C)C(C)CSC. The molecule has 1 N–H and O–H groups in total. The summed E-state index contributed by atoms with van der Waals surface area (Å²) >= 11 is 1.78. The number of thioether (sulfide) groups is 1. The topological polar surface area (TPSA) is 15.3 Å².